The zero-order chi connectivity index (χ0) is 15.8. The summed E-state index contributed by atoms with van der Waals surface area (Å²) in [4.78, 5) is 4.77. The van der Waals surface area contributed by atoms with Gasteiger partial charge in [-0.25, -0.2) is 4.98 Å². The van der Waals surface area contributed by atoms with E-state index in [1.807, 2.05) is 12.1 Å². The van der Waals surface area contributed by atoms with Crippen LogP contribution in [0.5, 0.6) is 0 Å². The minimum Gasteiger partial charge on any atom is -0.383 e. The predicted octanol–water partition coefficient (Wildman–Crippen LogP) is 5.15. The van der Waals surface area contributed by atoms with Crippen LogP contribution in [0.25, 0.3) is 11.3 Å². The highest BCUT2D eigenvalue weighted by atomic mass is 35.5. The summed E-state index contributed by atoms with van der Waals surface area (Å²) >= 11 is 12.4. The molecule has 0 fully saturated rings. The van der Waals surface area contributed by atoms with E-state index < -0.39 is 0 Å². The maximum Gasteiger partial charge on any atom is 0.131 e. The first-order chi connectivity index (χ1) is 9.77. The molecule has 0 atom stereocenters. The number of aromatic nitrogens is 2. The van der Waals surface area contributed by atoms with E-state index in [1.54, 1.807) is 6.07 Å². The molecule has 2 rings (SSSR count). The van der Waals surface area contributed by atoms with Crippen LogP contribution in [0.1, 0.15) is 39.9 Å². The van der Waals surface area contributed by atoms with Crippen molar-refractivity contribution in [2.45, 2.75) is 46.1 Å². The molecule has 0 aliphatic carbocycles. The highest BCUT2D eigenvalue weighted by Crippen LogP contribution is 2.38. The number of benzene rings is 1. The van der Waals surface area contributed by atoms with Crippen molar-refractivity contribution >= 4 is 29.0 Å². The van der Waals surface area contributed by atoms with Gasteiger partial charge in [-0.05, 0) is 12.5 Å². The first-order valence-electron chi connectivity index (χ1n) is 7.08. The number of nitrogens with zero attached hydrogens (tertiary/aromatic N) is 2. The summed E-state index contributed by atoms with van der Waals surface area (Å²) in [5.74, 6) is 1.61. The summed E-state index contributed by atoms with van der Waals surface area (Å²) in [6.07, 6.45) is 0.992. The van der Waals surface area contributed by atoms with Crippen LogP contribution < -0.4 is 5.73 Å². The number of halogens is 2. The third-order valence-corrected chi connectivity index (χ3v) is 4.15. The number of hydrogen-bond donors (Lipinski definition) is 1. The van der Waals surface area contributed by atoms with Crippen LogP contribution in [-0.4, -0.2) is 9.55 Å². The topological polar surface area (TPSA) is 43.8 Å². The molecule has 1 aromatic carbocycles. The number of nitrogens with two attached hydrogens (primary N) is 1. The van der Waals surface area contributed by atoms with Gasteiger partial charge in [0.1, 0.15) is 17.3 Å². The van der Waals surface area contributed by atoms with Crippen molar-refractivity contribution < 1.29 is 0 Å². The molecule has 1 aromatic heterocycles. The molecule has 0 spiro atoms. The molecule has 0 aliphatic rings. The van der Waals surface area contributed by atoms with Gasteiger partial charge in [0.05, 0.1) is 10.0 Å². The lowest BCUT2D eigenvalue weighted by Crippen LogP contribution is -2.19. The molecule has 0 radical (unpaired) electrons. The van der Waals surface area contributed by atoms with Crippen molar-refractivity contribution in [3.05, 3.63) is 34.1 Å². The van der Waals surface area contributed by atoms with Gasteiger partial charge in [-0.1, -0.05) is 63.0 Å². The predicted molar refractivity (Wildman–Crippen MR) is 91.1 cm³/mol. The molecule has 21 heavy (non-hydrogen) atoms. The fraction of sp³-hybridized carbons (Fsp3) is 0.438. The van der Waals surface area contributed by atoms with Crippen molar-refractivity contribution in [1.29, 1.82) is 0 Å². The Balaban J connectivity index is 2.68. The molecular weight excluding hydrogens is 305 g/mol. The number of hydrogen-bond acceptors (Lipinski definition) is 2. The van der Waals surface area contributed by atoms with Crippen LogP contribution in [0.2, 0.25) is 10.0 Å². The van der Waals surface area contributed by atoms with Gasteiger partial charge in [-0.15, -0.1) is 0 Å². The monoisotopic (exact) mass is 325 g/mol. The molecule has 0 unspecified atom stereocenters. The molecule has 0 bridgehead atoms. The fourth-order valence-corrected chi connectivity index (χ4v) is 2.76. The van der Waals surface area contributed by atoms with Crippen LogP contribution in [0.4, 0.5) is 5.82 Å². The van der Waals surface area contributed by atoms with Gasteiger partial charge in [0, 0.05) is 17.5 Å². The molecule has 0 amide bonds. The van der Waals surface area contributed by atoms with Gasteiger partial charge in [0.25, 0.3) is 0 Å². The van der Waals surface area contributed by atoms with Crippen molar-refractivity contribution in [2.24, 2.45) is 0 Å². The largest absolute Gasteiger partial charge is 0.383 e. The van der Waals surface area contributed by atoms with E-state index in [1.165, 1.54) is 0 Å². The first-order valence-corrected chi connectivity index (χ1v) is 7.83. The fourth-order valence-electron chi connectivity index (χ4n) is 2.37. The molecule has 0 saturated heterocycles. The van der Waals surface area contributed by atoms with E-state index in [9.17, 15) is 0 Å². The summed E-state index contributed by atoms with van der Waals surface area (Å²) in [5, 5.41) is 1.00. The molecule has 3 nitrogen and oxygen atoms in total. The van der Waals surface area contributed by atoms with Gasteiger partial charge < -0.3 is 10.3 Å². The van der Waals surface area contributed by atoms with E-state index in [4.69, 9.17) is 33.9 Å². The SMILES string of the molecule is CCCn1c(C(C)(C)C)nc(-c2cccc(Cl)c2Cl)c1N. The molecule has 0 saturated carbocycles. The second-order valence-corrected chi connectivity index (χ2v) is 6.96. The van der Waals surface area contributed by atoms with Crippen LogP contribution in [0.3, 0.4) is 0 Å². The summed E-state index contributed by atoms with van der Waals surface area (Å²) < 4.78 is 2.08. The zero-order valence-corrected chi connectivity index (χ0v) is 14.4. The minimum atomic E-state index is -0.0907. The Labute approximate surface area is 136 Å². The summed E-state index contributed by atoms with van der Waals surface area (Å²) in [6.45, 7) is 9.35. The highest BCUT2D eigenvalue weighted by molar-refractivity contribution is 6.43. The molecule has 114 valence electrons. The minimum absolute atomic E-state index is 0.0907. The third kappa shape index (κ3) is 3.04. The highest BCUT2D eigenvalue weighted by Gasteiger charge is 2.26. The molecule has 2 N–H and O–H groups in total. The quantitative estimate of drug-likeness (QED) is 0.848. The van der Waals surface area contributed by atoms with E-state index in [0.29, 0.717) is 21.6 Å². The van der Waals surface area contributed by atoms with Crippen LogP contribution in [0, 0.1) is 0 Å². The lowest BCUT2D eigenvalue weighted by molar-refractivity contribution is 0.498. The maximum absolute atomic E-state index is 6.34. The van der Waals surface area contributed by atoms with Gasteiger partial charge in [-0.2, -0.15) is 0 Å². The lowest BCUT2D eigenvalue weighted by atomic mass is 9.95. The van der Waals surface area contributed by atoms with Crippen molar-refractivity contribution in [3.63, 3.8) is 0 Å². The zero-order valence-electron chi connectivity index (χ0n) is 12.9. The van der Waals surface area contributed by atoms with E-state index in [0.717, 1.165) is 24.4 Å². The number of nitrogen functional groups attached to an aromatic ring is 1. The first kappa shape index (κ1) is 16.2. The average molecular weight is 326 g/mol. The number of rotatable bonds is 3. The third-order valence-electron chi connectivity index (χ3n) is 3.33. The molecule has 5 heteroatoms. The van der Waals surface area contributed by atoms with Gasteiger partial charge in [0.2, 0.25) is 0 Å². The van der Waals surface area contributed by atoms with Crippen LogP contribution in [-0.2, 0) is 12.0 Å². The van der Waals surface area contributed by atoms with E-state index in [2.05, 4.69) is 32.3 Å². The second-order valence-electron chi connectivity index (χ2n) is 6.17. The molecule has 2 aromatic rings. The number of imidazole rings is 1. The lowest BCUT2D eigenvalue weighted by Gasteiger charge is -2.19. The molecular formula is C16H21Cl2N3. The Morgan fingerprint density at radius 3 is 2.48 bits per heavy atom. The van der Waals surface area contributed by atoms with Gasteiger partial charge >= 0.3 is 0 Å². The van der Waals surface area contributed by atoms with E-state index >= 15 is 0 Å². The molecule has 0 aliphatic heterocycles. The van der Waals surface area contributed by atoms with Crippen LogP contribution in [0.15, 0.2) is 18.2 Å². The maximum atomic E-state index is 6.34. The normalized spacial score (nSPS) is 11.9. The summed E-state index contributed by atoms with van der Waals surface area (Å²) in [6, 6.07) is 5.52. The Morgan fingerprint density at radius 2 is 1.90 bits per heavy atom. The van der Waals surface area contributed by atoms with Gasteiger partial charge in [-0.3, -0.25) is 0 Å². The smallest absolute Gasteiger partial charge is 0.131 e. The Morgan fingerprint density at radius 1 is 1.24 bits per heavy atom. The molecule has 1 heterocycles. The Bertz CT molecular complexity index is 654. The average Bonchev–Trinajstić information content (AvgIpc) is 2.71. The standard InChI is InChI=1S/C16H21Cl2N3/c1-5-9-21-14(19)13(20-15(21)16(2,3)4)10-7-6-8-11(17)12(10)18/h6-8H,5,9,19H2,1-4H3. The summed E-state index contributed by atoms with van der Waals surface area (Å²) in [5.41, 5.74) is 7.73. The van der Waals surface area contributed by atoms with Crippen LogP contribution >= 0.6 is 23.2 Å². The van der Waals surface area contributed by atoms with Gasteiger partial charge in [0.15, 0.2) is 0 Å². The van der Waals surface area contributed by atoms with Crippen molar-refractivity contribution in [2.75, 3.05) is 5.73 Å². The summed E-state index contributed by atoms with van der Waals surface area (Å²) in [7, 11) is 0. The number of anilines is 1. The second kappa shape index (κ2) is 5.90. The van der Waals surface area contributed by atoms with E-state index in [-0.39, 0.29) is 5.41 Å². The van der Waals surface area contributed by atoms with Crippen molar-refractivity contribution in [3.8, 4) is 11.3 Å². The van der Waals surface area contributed by atoms with Crippen molar-refractivity contribution in [1.82, 2.24) is 9.55 Å². The Hall–Kier alpha value is -1.19. The Kier molecular flexibility index (Phi) is 4.54.